The molecule has 0 amide bonds. The normalized spacial score (nSPS) is 10.9. The van der Waals surface area contributed by atoms with Gasteiger partial charge in [0.05, 0.1) is 18.5 Å². The average molecular weight is 320 g/mol. The summed E-state index contributed by atoms with van der Waals surface area (Å²) in [4.78, 5) is 0. The monoisotopic (exact) mass is 320 g/mol. The molecule has 3 aromatic rings. The third-order valence-electron chi connectivity index (χ3n) is 4.52. The lowest BCUT2D eigenvalue weighted by Gasteiger charge is -2.13. The van der Waals surface area contributed by atoms with Crippen LogP contribution >= 0.6 is 0 Å². The van der Waals surface area contributed by atoms with Crippen LogP contribution in [0.3, 0.4) is 0 Å². The van der Waals surface area contributed by atoms with Crippen molar-refractivity contribution in [2.75, 3.05) is 7.11 Å². The molecule has 3 nitrogen and oxygen atoms in total. The number of methoxy groups -OCH3 is 1. The Morgan fingerprint density at radius 3 is 2.17 bits per heavy atom. The van der Waals surface area contributed by atoms with Crippen LogP contribution < -0.4 is 4.74 Å². The highest BCUT2D eigenvalue weighted by Crippen LogP contribution is 2.34. The second-order valence-electron chi connectivity index (χ2n) is 6.43. The quantitative estimate of drug-likeness (QED) is 0.672. The first-order chi connectivity index (χ1) is 11.4. The van der Waals surface area contributed by atoms with E-state index < -0.39 is 0 Å². The third-order valence-corrected chi connectivity index (χ3v) is 4.52. The Hall–Kier alpha value is -2.55. The second kappa shape index (κ2) is 6.16. The minimum atomic E-state index is 0.837. The van der Waals surface area contributed by atoms with Gasteiger partial charge in [0.1, 0.15) is 5.75 Å². The molecule has 124 valence electrons. The maximum absolute atomic E-state index is 5.35. The zero-order valence-electron chi connectivity index (χ0n) is 15.3. The first kappa shape index (κ1) is 16.3. The molecule has 0 unspecified atom stereocenters. The van der Waals surface area contributed by atoms with E-state index in [1.807, 2.05) is 22.9 Å². The van der Waals surface area contributed by atoms with Gasteiger partial charge >= 0.3 is 0 Å². The van der Waals surface area contributed by atoms with Crippen LogP contribution in [-0.4, -0.2) is 16.9 Å². The van der Waals surface area contributed by atoms with Gasteiger partial charge in [0.25, 0.3) is 0 Å². The van der Waals surface area contributed by atoms with E-state index in [2.05, 4.69) is 52.8 Å². The summed E-state index contributed by atoms with van der Waals surface area (Å²) >= 11 is 0. The summed E-state index contributed by atoms with van der Waals surface area (Å²) < 4.78 is 7.35. The smallest absolute Gasteiger partial charge is 0.121 e. The Kier molecular flexibility index (Phi) is 4.18. The van der Waals surface area contributed by atoms with Crippen LogP contribution in [0.4, 0.5) is 0 Å². The van der Waals surface area contributed by atoms with Crippen molar-refractivity contribution in [3.8, 4) is 22.6 Å². The van der Waals surface area contributed by atoms with Gasteiger partial charge in [-0.05, 0) is 63.4 Å². The van der Waals surface area contributed by atoms with Crippen LogP contribution in [0.2, 0.25) is 0 Å². The van der Waals surface area contributed by atoms with E-state index in [-0.39, 0.29) is 0 Å². The SMILES string of the molecule is COc1cccc(-n2nc(C)c(-c3c(C)cc(C)cc3C)c2C)c1. The lowest BCUT2D eigenvalue weighted by molar-refractivity contribution is 0.414. The van der Waals surface area contributed by atoms with Crippen molar-refractivity contribution >= 4 is 0 Å². The summed E-state index contributed by atoms with van der Waals surface area (Å²) in [5.74, 6) is 0.837. The minimum absolute atomic E-state index is 0.837. The Morgan fingerprint density at radius 2 is 1.54 bits per heavy atom. The van der Waals surface area contributed by atoms with Gasteiger partial charge in [-0.25, -0.2) is 4.68 Å². The largest absolute Gasteiger partial charge is 0.497 e. The highest BCUT2D eigenvalue weighted by atomic mass is 16.5. The number of aryl methyl sites for hydroxylation is 4. The maximum atomic E-state index is 5.35. The van der Waals surface area contributed by atoms with Gasteiger partial charge in [-0.3, -0.25) is 0 Å². The molecule has 1 heterocycles. The molecule has 2 aromatic carbocycles. The van der Waals surface area contributed by atoms with Crippen LogP contribution in [0.25, 0.3) is 16.8 Å². The molecule has 0 aliphatic carbocycles. The predicted molar refractivity (Wildman–Crippen MR) is 99.2 cm³/mol. The molecule has 0 bridgehead atoms. The van der Waals surface area contributed by atoms with Crippen molar-refractivity contribution in [2.24, 2.45) is 0 Å². The predicted octanol–water partition coefficient (Wildman–Crippen LogP) is 5.09. The van der Waals surface area contributed by atoms with Crippen LogP contribution in [0.5, 0.6) is 5.75 Å². The molecule has 3 heteroatoms. The first-order valence-corrected chi connectivity index (χ1v) is 8.21. The lowest BCUT2D eigenvalue weighted by atomic mass is 9.92. The van der Waals surface area contributed by atoms with Crippen molar-refractivity contribution < 1.29 is 4.74 Å². The zero-order valence-corrected chi connectivity index (χ0v) is 15.3. The van der Waals surface area contributed by atoms with Crippen molar-refractivity contribution in [1.82, 2.24) is 9.78 Å². The van der Waals surface area contributed by atoms with Crippen LogP contribution in [0.1, 0.15) is 28.1 Å². The van der Waals surface area contributed by atoms with E-state index in [0.717, 1.165) is 22.8 Å². The number of hydrogen-bond acceptors (Lipinski definition) is 2. The fourth-order valence-electron chi connectivity index (χ4n) is 3.57. The van der Waals surface area contributed by atoms with Crippen molar-refractivity contribution in [1.29, 1.82) is 0 Å². The van der Waals surface area contributed by atoms with Crippen molar-refractivity contribution in [2.45, 2.75) is 34.6 Å². The highest BCUT2D eigenvalue weighted by molar-refractivity contribution is 5.75. The van der Waals surface area contributed by atoms with Gasteiger partial charge < -0.3 is 4.74 Å². The molecule has 24 heavy (non-hydrogen) atoms. The van der Waals surface area contributed by atoms with E-state index in [4.69, 9.17) is 9.84 Å². The number of hydrogen-bond donors (Lipinski definition) is 0. The third kappa shape index (κ3) is 2.71. The van der Waals surface area contributed by atoms with E-state index in [9.17, 15) is 0 Å². The van der Waals surface area contributed by atoms with Crippen LogP contribution in [-0.2, 0) is 0 Å². The summed E-state index contributed by atoms with van der Waals surface area (Å²) in [5.41, 5.74) is 9.62. The molecular weight excluding hydrogens is 296 g/mol. The molecule has 3 rings (SSSR count). The van der Waals surface area contributed by atoms with Gasteiger partial charge in [-0.2, -0.15) is 5.10 Å². The molecule has 0 saturated heterocycles. The Bertz CT molecular complexity index is 883. The molecule has 0 fully saturated rings. The highest BCUT2D eigenvalue weighted by Gasteiger charge is 2.18. The Morgan fingerprint density at radius 1 is 0.875 bits per heavy atom. The van der Waals surface area contributed by atoms with E-state index >= 15 is 0 Å². The molecule has 0 radical (unpaired) electrons. The number of nitrogens with zero attached hydrogens (tertiary/aromatic N) is 2. The van der Waals surface area contributed by atoms with Crippen LogP contribution in [0.15, 0.2) is 36.4 Å². The minimum Gasteiger partial charge on any atom is -0.497 e. The Labute approximate surface area is 143 Å². The fourth-order valence-corrected chi connectivity index (χ4v) is 3.57. The second-order valence-corrected chi connectivity index (χ2v) is 6.43. The standard InChI is InChI=1S/C21H24N2O/c1-13-10-14(2)20(15(3)11-13)21-16(4)22-23(17(21)5)18-8-7-9-19(12-18)24-6/h7-12H,1-6H3. The van der Waals surface area contributed by atoms with E-state index in [0.29, 0.717) is 0 Å². The molecule has 0 atom stereocenters. The van der Waals surface area contributed by atoms with E-state index in [1.165, 1.54) is 27.8 Å². The first-order valence-electron chi connectivity index (χ1n) is 8.21. The van der Waals surface area contributed by atoms with Crippen molar-refractivity contribution in [3.63, 3.8) is 0 Å². The van der Waals surface area contributed by atoms with Gasteiger partial charge in [0.2, 0.25) is 0 Å². The number of rotatable bonds is 3. The summed E-state index contributed by atoms with van der Waals surface area (Å²) in [6.07, 6.45) is 0. The topological polar surface area (TPSA) is 27.1 Å². The lowest BCUT2D eigenvalue weighted by Crippen LogP contribution is -2.00. The molecule has 0 spiro atoms. The van der Waals surface area contributed by atoms with Gasteiger partial charge in [0, 0.05) is 17.3 Å². The molecule has 0 aliphatic heterocycles. The van der Waals surface area contributed by atoms with Gasteiger partial charge in [-0.15, -0.1) is 0 Å². The molecular formula is C21H24N2O. The molecule has 0 saturated carbocycles. The zero-order chi connectivity index (χ0) is 17.4. The van der Waals surface area contributed by atoms with Gasteiger partial charge in [0.15, 0.2) is 0 Å². The van der Waals surface area contributed by atoms with Gasteiger partial charge in [-0.1, -0.05) is 23.8 Å². The number of benzene rings is 2. The van der Waals surface area contributed by atoms with Crippen molar-refractivity contribution in [3.05, 3.63) is 64.5 Å². The average Bonchev–Trinajstić information content (AvgIpc) is 2.82. The molecule has 1 aromatic heterocycles. The number of ether oxygens (including phenoxy) is 1. The summed E-state index contributed by atoms with van der Waals surface area (Å²) in [6, 6.07) is 12.5. The fraction of sp³-hybridized carbons (Fsp3) is 0.286. The molecule has 0 aliphatic rings. The summed E-state index contributed by atoms with van der Waals surface area (Å²) in [6.45, 7) is 10.7. The summed E-state index contributed by atoms with van der Waals surface area (Å²) in [7, 11) is 1.69. The maximum Gasteiger partial charge on any atom is 0.121 e. The molecule has 0 N–H and O–H groups in total. The Balaban J connectivity index is 2.21. The number of aromatic nitrogens is 2. The van der Waals surface area contributed by atoms with E-state index in [1.54, 1.807) is 7.11 Å². The summed E-state index contributed by atoms with van der Waals surface area (Å²) in [5, 5.41) is 4.80. The van der Waals surface area contributed by atoms with Crippen LogP contribution in [0, 0.1) is 34.6 Å².